The highest BCUT2D eigenvalue weighted by atomic mass is 16.5. The second-order valence-corrected chi connectivity index (χ2v) is 5.15. The first-order valence-corrected chi connectivity index (χ1v) is 6.95. The van der Waals surface area contributed by atoms with Gasteiger partial charge in [-0.05, 0) is 13.3 Å². The Labute approximate surface area is 122 Å². The van der Waals surface area contributed by atoms with Gasteiger partial charge in [-0.15, -0.1) is 5.10 Å². The first-order chi connectivity index (χ1) is 10.2. The molecule has 1 unspecified atom stereocenters. The van der Waals surface area contributed by atoms with Crippen molar-refractivity contribution >= 4 is 5.82 Å². The molecule has 2 aromatic heterocycles. The average molecular weight is 290 g/mol. The van der Waals surface area contributed by atoms with E-state index in [0.717, 1.165) is 12.4 Å². The molecule has 2 aromatic rings. The van der Waals surface area contributed by atoms with Crippen LogP contribution in [-0.2, 0) is 6.54 Å². The average Bonchev–Trinajstić information content (AvgIpc) is 3.10. The second-order valence-electron chi connectivity index (χ2n) is 5.15. The van der Waals surface area contributed by atoms with Crippen LogP contribution in [0.15, 0.2) is 24.8 Å². The highest BCUT2D eigenvalue weighted by molar-refractivity contribution is 5.40. The van der Waals surface area contributed by atoms with Gasteiger partial charge < -0.3 is 14.7 Å². The Balaban J connectivity index is 1.70. The van der Waals surface area contributed by atoms with Crippen LogP contribution in [0.4, 0.5) is 5.82 Å². The van der Waals surface area contributed by atoms with Gasteiger partial charge in [-0.1, -0.05) is 5.21 Å². The lowest BCUT2D eigenvalue weighted by Crippen LogP contribution is -2.38. The molecule has 21 heavy (non-hydrogen) atoms. The number of ether oxygens (including phenoxy) is 1. The Morgan fingerprint density at radius 2 is 2.33 bits per heavy atom. The third-order valence-electron chi connectivity index (χ3n) is 3.48. The van der Waals surface area contributed by atoms with Crippen LogP contribution in [0.2, 0.25) is 0 Å². The number of hydrogen-bond donors (Lipinski definition) is 1. The topological polar surface area (TPSA) is 89.2 Å². The first kappa shape index (κ1) is 13.7. The van der Waals surface area contributed by atoms with E-state index < -0.39 is 5.60 Å². The van der Waals surface area contributed by atoms with E-state index in [0.29, 0.717) is 32.0 Å². The zero-order chi connectivity index (χ0) is 14.7. The largest absolute Gasteiger partial charge is 0.477 e. The minimum Gasteiger partial charge on any atom is -0.477 e. The van der Waals surface area contributed by atoms with Crippen LogP contribution < -0.4 is 9.64 Å². The van der Waals surface area contributed by atoms with Crippen molar-refractivity contribution in [2.24, 2.45) is 0 Å². The Morgan fingerprint density at radius 1 is 1.43 bits per heavy atom. The van der Waals surface area contributed by atoms with Gasteiger partial charge in [-0.2, -0.15) is 4.98 Å². The molecule has 0 saturated carbocycles. The lowest BCUT2D eigenvalue weighted by Gasteiger charge is -2.23. The zero-order valence-corrected chi connectivity index (χ0v) is 11.9. The van der Waals surface area contributed by atoms with Gasteiger partial charge in [0.25, 0.3) is 0 Å². The number of nitrogens with zero attached hydrogens (tertiary/aromatic N) is 6. The predicted molar refractivity (Wildman–Crippen MR) is 75.0 cm³/mol. The first-order valence-electron chi connectivity index (χ1n) is 6.95. The molecule has 1 saturated heterocycles. The molecule has 0 radical (unpaired) electrons. The molecule has 0 aliphatic carbocycles. The minimum atomic E-state index is -0.836. The molecule has 8 nitrogen and oxygen atoms in total. The summed E-state index contributed by atoms with van der Waals surface area (Å²) in [5.74, 6) is 1.22. The number of aromatic nitrogens is 5. The summed E-state index contributed by atoms with van der Waals surface area (Å²) >= 11 is 0. The molecular formula is C13H18N6O2. The maximum absolute atomic E-state index is 10.7. The minimum absolute atomic E-state index is 0.419. The van der Waals surface area contributed by atoms with Crippen LogP contribution in [0.25, 0.3) is 0 Å². The van der Waals surface area contributed by atoms with Crippen molar-refractivity contribution in [1.82, 2.24) is 25.0 Å². The van der Waals surface area contributed by atoms with Crippen LogP contribution in [0.1, 0.15) is 13.3 Å². The highest BCUT2D eigenvalue weighted by Gasteiger charge is 2.37. The Hall–Kier alpha value is -2.22. The molecule has 0 amide bonds. The monoisotopic (exact) mass is 290 g/mol. The smallest absolute Gasteiger partial charge is 0.234 e. The van der Waals surface area contributed by atoms with Crippen molar-refractivity contribution in [3.05, 3.63) is 24.8 Å². The van der Waals surface area contributed by atoms with Crippen molar-refractivity contribution in [2.45, 2.75) is 25.5 Å². The van der Waals surface area contributed by atoms with Crippen LogP contribution in [0, 0.1) is 0 Å². The Bertz CT molecular complexity index is 590. The fourth-order valence-electron chi connectivity index (χ4n) is 2.51. The van der Waals surface area contributed by atoms with E-state index in [1.54, 1.807) is 29.5 Å². The van der Waals surface area contributed by atoms with Crippen molar-refractivity contribution in [3.63, 3.8) is 0 Å². The third kappa shape index (κ3) is 3.10. The van der Waals surface area contributed by atoms with Gasteiger partial charge in [0.2, 0.25) is 5.88 Å². The van der Waals surface area contributed by atoms with E-state index in [9.17, 15) is 5.11 Å². The van der Waals surface area contributed by atoms with Gasteiger partial charge in [0.1, 0.15) is 5.60 Å². The fraction of sp³-hybridized carbons (Fsp3) is 0.538. The molecule has 1 N–H and O–H groups in total. The number of rotatable bonds is 5. The van der Waals surface area contributed by atoms with Crippen LogP contribution in [0.5, 0.6) is 5.88 Å². The molecule has 112 valence electrons. The number of aliphatic hydroxyl groups is 1. The molecule has 1 aliphatic rings. The maximum Gasteiger partial charge on any atom is 0.234 e. The molecule has 3 heterocycles. The number of β-amino-alcohol motifs (C(OH)–C–C–N with tert-alkyl or cyclic N) is 1. The summed E-state index contributed by atoms with van der Waals surface area (Å²) in [6.45, 7) is 4.07. The van der Waals surface area contributed by atoms with E-state index in [-0.39, 0.29) is 0 Å². The second kappa shape index (κ2) is 5.65. The summed E-state index contributed by atoms with van der Waals surface area (Å²) in [6, 6.07) is 0. The number of hydrogen-bond acceptors (Lipinski definition) is 7. The van der Waals surface area contributed by atoms with Gasteiger partial charge >= 0.3 is 0 Å². The van der Waals surface area contributed by atoms with Crippen LogP contribution in [-0.4, -0.2) is 55.4 Å². The van der Waals surface area contributed by atoms with E-state index in [1.807, 2.05) is 11.8 Å². The summed E-state index contributed by atoms with van der Waals surface area (Å²) < 4.78 is 7.00. The maximum atomic E-state index is 10.7. The lowest BCUT2D eigenvalue weighted by molar-refractivity contribution is 0.0408. The molecular weight excluding hydrogens is 272 g/mol. The molecule has 0 spiro atoms. The van der Waals surface area contributed by atoms with Crippen LogP contribution in [0.3, 0.4) is 0 Å². The summed E-state index contributed by atoms with van der Waals surface area (Å²) in [6.07, 6.45) is 7.27. The standard InChI is InChI=1S/C13H18N6O2/c1-2-21-12-8-14-7-11(16-12)18-5-3-13(20,9-18)10-19-6-4-15-17-19/h4,6-8,20H,2-3,5,9-10H2,1H3. The molecule has 1 fully saturated rings. The molecule has 1 atom stereocenters. The highest BCUT2D eigenvalue weighted by Crippen LogP contribution is 2.27. The third-order valence-corrected chi connectivity index (χ3v) is 3.48. The van der Waals surface area contributed by atoms with Gasteiger partial charge in [-0.3, -0.25) is 4.98 Å². The van der Waals surface area contributed by atoms with Crippen molar-refractivity contribution in [2.75, 3.05) is 24.6 Å². The molecule has 1 aliphatic heterocycles. The predicted octanol–water partition coefficient (Wildman–Crippen LogP) is 0.108. The van der Waals surface area contributed by atoms with E-state index >= 15 is 0 Å². The Morgan fingerprint density at radius 3 is 3.10 bits per heavy atom. The van der Waals surface area contributed by atoms with E-state index in [1.165, 1.54) is 0 Å². The van der Waals surface area contributed by atoms with Gasteiger partial charge in [0.05, 0.1) is 38.3 Å². The molecule has 3 rings (SSSR count). The van der Waals surface area contributed by atoms with Crippen molar-refractivity contribution < 1.29 is 9.84 Å². The van der Waals surface area contributed by atoms with Gasteiger partial charge in [0, 0.05) is 12.7 Å². The summed E-state index contributed by atoms with van der Waals surface area (Å²) in [7, 11) is 0. The van der Waals surface area contributed by atoms with E-state index in [4.69, 9.17) is 4.74 Å². The lowest BCUT2D eigenvalue weighted by atomic mass is 10.0. The SMILES string of the molecule is CCOc1cncc(N2CCC(O)(Cn3ccnn3)C2)n1. The molecule has 0 aromatic carbocycles. The van der Waals surface area contributed by atoms with Crippen molar-refractivity contribution in [3.8, 4) is 5.88 Å². The summed E-state index contributed by atoms with van der Waals surface area (Å²) in [4.78, 5) is 10.5. The van der Waals surface area contributed by atoms with Crippen molar-refractivity contribution in [1.29, 1.82) is 0 Å². The fourth-order valence-corrected chi connectivity index (χ4v) is 2.51. The molecule has 0 bridgehead atoms. The van der Waals surface area contributed by atoms with Gasteiger partial charge in [-0.25, -0.2) is 4.68 Å². The Kier molecular flexibility index (Phi) is 3.70. The number of anilines is 1. The summed E-state index contributed by atoms with van der Waals surface area (Å²) in [5, 5.41) is 18.3. The quantitative estimate of drug-likeness (QED) is 0.835. The zero-order valence-electron chi connectivity index (χ0n) is 11.9. The van der Waals surface area contributed by atoms with E-state index in [2.05, 4.69) is 20.3 Å². The normalized spacial score (nSPS) is 21.7. The van der Waals surface area contributed by atoms with Crippen LogP contribution >= 0.6 is 0 Å². The summed E-state index contributed by atoms with van der Waals surface area (Å²) in [5.41, 5.74) is -0.836. The molecule has 8 heteroatoms. The van der Waals surface area contributed by atoms with Gasteiger partial charge in [0.15, 0.2) is 5.82 Å².